The summed E-state index contributed by atoms with van der Waals surface area (Å²) in [6.45, 7) is 7.12. The lowest BCUT2D eigenvalue weighted by Gasteiger charge is -2.35. The van der Waals surface area contributed by atoms with Crippen LogP contribution in [0, 0.1) is 0 Å². The fourth-order valence-corrected chi connectivity index (χ4v) is 1.73. The van der Waals surface area contributed by atoms with E-state index in [0.29, 0.717) is 13.1 Å². The maximum Gasteiger partial charge on any atom is 0.304 e. The van der Waals surface area contributed by atoms with Gasteiger partial charge in [0.2, 0.25) is 0 Å². The summed E-state index contributed by atoms with van der Waals surface area (Å²) >= 11 is 0. The number of hydrogen-bond donors (Lipinski definition) is 2. The average Bonchev–Trinajstić information content (AvgIpc) is 2.24. The molecule has 18 heavy (non-hydrogen) atoms. The van der Waals surface area contributed by atoms with Crippen LogP contribution in [0.25, 0.3) is 0 Å². The van der Waals surface area contributed by atoms with Crippen molar-refractivity contribution in [2.45, 2.75) is 39.3 Å². The lowest BCUT2D eigenvalue weighted by Crippen LogP contribution is -2.42. The summed E-state index contributed by atoms with van der Waals surface area (Å²) < 4.78 is 0. The van der Waals surface area contributed by atoms with Gasteiger partial charge in [-0.25, -0.2) is 0 Å². The molecule has 4 nitrogen and oxygen atoms in total. The van der Waals surface area contributed by atoms with Crippen LogP contribution in [0.2, 0.25) is 0 Å². The summed E-state index contributed by atoms with van der Waals surface area (Å²) in [6.07, 6.45) is 0.102. The second kappa shape index (κ2) is 5.87. The number of para-hydroxylation sites is 1. The predicted molar refractivity (Wildman–Crippen MR) is 70.5 cm³/mol. The first-order valence-electron chi connectivity index (χ1n) is 6.04. The molecule has 0 unspecified atom stereocenters. The van der Waals surface area contributed by atoms with Crippen LogP contribution in [0.1, 0.15) is 32.8 Å². The normalized spacial score (nSPS) is 11.8. The van der Waals surface area contributed by atoms with E-state index in [4.69, 9.17) is 5.11 Å². The first-order valence-corrected chi connectivity index (χ1v) is 6.04. The van der Waals surface area contributed by atoms with E-state index in [-0.39, 0.29) is 17.7 Å². The van der Waals surface area contributed by atoms with Crippen molar-refractivity contribution < 1.29 is 15.0 Å². The maximum atomic E-state index is 10.7. The lowest BCUT2D eigenvalue weighted by atomic mass is 10.0. The number of aliphatic carboxylic acids is 1. The average molecular weight is 251 g/mol. The van der Waals surface area contributed by atoms with Gasteiger partial charge in [-0.05, 0) is 26.8 Å². The zero-order valence-corrected chi connectivity index (χ0v) is 11.2. The minimum atomic E-state index is -0.804. The van der Waals surface area contributed by atoms with Crippen LogP contribution in [0.5, 0.6) is 5.75 Å². The SMILES string of the molecule is CC(C)(C)N(CCC(=O)O)Cc1ccccc1O. The molecule has 1 rings (SSSR count). The highest BCUT2D eigenvalue weighted by Gasteiger charge is 2.22. The minimum Gasteiger partial charge on any atom is -0.508 e. The fraction of sp³-hybridized carbons (Fsp3) is 0.500. The van der Waals surface area contributed by atoms with Crippen molar-refractivity contribution in [2.24, 2.45) is 0 Å². The van der Waals surface area contributed by atoms with Crippen molar-refractivity contribution >= 4 is 5.97 Å². The molecule has 1 aromatic carbocycles. The molecule has 0 atom stereocenters. The standard InChI is InChI=1S/C14H21NO3/c1-14(2,3)15(9-8-13(17)18)10-11-6-4-5-7-12(11)16/h4-7,16H,8-10H2,1-3H3,(H,17,18). The maximum absolute atomic E-state index is 10.7. The van der Waals surface area contributed by atoms with Crippen molar-refractivity contribution in [3.63, 3.8) is 0 Å². The molecule has 0 aliphatic rings. The number of aromatic hydroxyl groups is 1. The van der Waals surface area contributed by atoms with Crippen LogP contribution in [-0.4, -0.2) is 33.2 Å². The van der Waals surface area contributed by atoms with Gasteiger partial charge < -0.3 is 10.2 Å². The molecule has 0 bridgehead atoms. The molecule has 2 N–H and O–H groups in total. The number of carboxylic acid groups (broad SMARTS) is 1. The third-order valence-corrected chi connectivity index (χ3v) is 2.90. The third-order valence-electron chi connectivity index (χ3n) is 2.90. The van der Waals surface area contributed by atoms with Crippen molar-refractivity contribution in [1.82, 2.24) is 4.90 Å². The molecule has 0 radical (unpaired) electrons. The molecule has 0 fully saturated rings. The number of carbonyl (C=O) groups is 1. The second-order valence-corrected chi connectivity index (χ2v) is 5.36. The Hall–Kier alpha value is -1.55. The van der Waals surface area contributed by atoms with E-state index in [1.165, 1.54) is 0 Å². The van der Waals surface area contributed by atoms with Gasteiger partial charge in [-0.1, -0.05) is 18.2 Å². The largest absolute Gasteiger partial charge is 0.508 e. The number of nitrogens with zero attached hydrogens (tertiary/aromatic N) is 1. The van der Waals surface area contributed by atoms with Crippen LogP contribution >= 0.6 is 0 Å². The third kappa shape index (κ3) is 4.37. The highest BCUT2D eigenvalue weighted by molar-refractivity contribution is 5.66. The minimum absolute atomic E-state index is 0.102. The Morgan fingerprint density at radius 1 is 1.28 bits per heavy atom. The van der Waals surface area contributed by atoms with E-state index in [9.17, 15) is 9.90 Å². The monoisotopic (exact) mass is 251 g/mol. The van der Waals surface area contributed by atoms with Crippen LogP contribution < -0.4 is 0 Å². The van der Waals surface area contributed by atoms with Crippen LogP contribution in [0.3, 0.4) is 0 Å². The summed E-state index contributed by atoms with van der Waals surface area (Å²) in [5.74, 6) is -0.552. The van der Waals surface area contributed by atoms with E-state index >= 15 is 0 Å². The van der Waals surface area contributed by atoms with E-state index in [1.54, 1.807) is 12.1 Å². The van der Waals surface area contributed by atoms with Gasteiger partial charge in [-0.2, -0.15) is 0 Å². The molecule has 0 heterocycles. The fourth-order valence-electron chi connectivity index (χ4n) is 1.73. The number of rotatable bonds is 5. The lowest BCUT2D eigenvalue weighted by molar-refractivity contribution is -0.137. The van der Waals surface area contributed by atoms with Crippen molar-refractivity contribution in [2.75, 3.05) is 6.54 Å². The Kier molecular flexibility index (Phi) is 4.73. The van der Waals surface area contributed by atoms with Crippen LogP contribution in [-0.2, 0) is 11.3 Å². The van der Waals surface area contributed by atoms with Crippen LogP contribution in [0.15, 0.2) is 24.3 Å². The van der Waals surface area contributed by atoms with Gasteiger partial charge in [0.15, 0.2) is 0 Å². The molecule has 100 valence electrons. The van der Waals surface area contributed by atoms with E-state index in [1.807, 2.05) is 32.9 Å². The predicted octanol–water partition coefficient (Wildman–Crippen LogP) is 2.47. The Bertz CT molecular complexity index is 410. The highest BCUT2D eigenvalue weighted by Crippen LogP contribution is 2.22. The zero-order chi connectivity index (χ0) is 13.8. The van der Waals surface area contributed by atoms with Gasteiger partial charge in [-0.15, -0.1) is 0 Å². The summed E-state index contributed by atoms with van der Waals surface area (Å²) in [6, 6.07) is 7.15. The molecule has 0 saturated heterocycles. The Balaban J connectivity index is 2.79. The second-order valence-electron chi connectivity index (χ2n) is 5.36. The molecular weight excluding hydrogens is 230 g/mol. The van der Waals surface area contributed by atoms with Gasteiger partial charge in [0.05, 0.1) is 6.42 Å². The number of phenolic OH excluding ortho intramolecular Hbond substituents is 1. The molecule has 1 aromatic rings. The van der Waals surface area contributed by atoms with Crippen molar-refractivity contribution in [3.8, 4) is 5.75 Å². The molecular formula is C14H21NO3. The molecule has 0 spiro atoms. The van der Waals surface area contributed by atoms with Gasteiger partial charge in [-0.3, -0.25) is 9.69 Å². The molecule has 0 saturated carbocycles. The van der Waals surface area contributed by atoms with Crippen molar-refractivity contribution in [3.05, 3.63) is 29.8 Å². The Morgan fingerprint density at radius 3 is 2.39 bits per heavy atom. The molecule has 0 amide bonds. The van der Waals surface area contributed by atoms with E-state index < -0.39 is 5.97 Å². The Morgan fingerprint density at radius 2 is 1.89 bits per heavy atom. The quantitative estimate of drug-likeness (QED) is 0.844. The van der Waals surface area contributed by atoms with Gasteiger partial charge in [0.1, 0.15) is 5.75 Å². The summed E-state index contributed by atoms with van der Waals surface area (Å²) in [5.41, 5.74) is 0.676. The zero-order valence-electron chi connectivity index (χ0n) is 11.2. The smallest absolute Gasteiger partial charge is 0.304 e. The van der Waals surface area contributed by atoms with Gasteiger partial charge >= 0.3 is 5.97 Å². The molecule has 0 aliphatic heterocycles. The first-order chi connectivity index (χ1) is 8.30. The molecule has 4 heteroatoms. The van der Waals surface area contributed by atoms with E-state index in [0.717, 1.165) is 5.56 Å². The molecule has 0 aliphatic carbocycles. The summed E-state index contributed by atoms with van der Waals surface area (Å²) in [7, 11) is 0. The number of benzene rings is 1. The van der Waals surface area contributed by atoms with Crippen LogP contribution in [0.4, 0.5) is 0 Å². The number of phenols is 1. The summed E-state index contributed by atoms with van der Waals surface area (Å²) in [5, 5.41) is 18.5. The number of carboxylic acids is 1. The topological polar surface area (TPSA) is 60.8 Å². The highest BCUT2D eigenvalue weighted by atomic mass is 16.4. The van der Waals surface area contributed by atoms with Crippen molar-refractivity contribution in [1.29, 1.82) is 0 Å². The van der Waals surface area contributed by atoms with E-state index in [2.05, 4.69) is 4.90 Å². The first kappa shape index (κ1) is 14.5. The molecule has 0 aromatic heterocycles. The number of hydrogen-bond acceptors (Lipinski definition) is 3. The van der Waals surface area contributed by atoms with Gasteiger partial charge in [0, 0.05) is 24.2 Å². The summed E-state index contributed by atoms with van der Waals surface area (Å²) in [4.78, 5) is 12.7. The van der Waals surface area contributed by atoms with Gasteiger partial charge in [0.25, 0.3) is 0 Å². The Labute approximate surface area is 108 Å².